The smallest absolute Gasteiger partial charge is 0.165 e. The molecule has 0 N–H and O–H groups in total. The number of hydrogen-bond donors (Lipinski definition) is 0. The van der Waals surface area contributed by atoms with Gasteiger partial charge in [0, 0.05) is 70.2 Å². The standard InChI is InChI=1S/C51H30N4OS/c1-3-13-31(14-4-1)33-25-27-36-35-17-7-9-22-42(35)55(43(36)29-33)34-26-28-39-45(30-34)56-44-23-12-20-40(47(39)44)50-52-49(32-15-5-2-6-16-32)53-51(54-50)41-21-11-19-38-37-18-8-10-24-46(37)57-48(38)41/h1-30H. The van der Waals surface area contributed by atoms with Crippen LogP contribution in [0.15, 0.2) is 186 Å². The van der Waals surface area contributed by atoms with Gasteiger partial charge in [-0.05, 0) is 53.6 Å². The lowest BCUT2D eigenvalue weighted by Gasteiger charge is -2.10. The first-order valence-electron chi connectivity index (χ1n) is 19.0. The zero-order chi connectivity index (χ0) is 37.5. The molecule has 0 aliphatic rings. The summed E-state index contributed by atoms with van der Waals surface area (Å²) in [5.41, 5.74) is 10.1. The van der Waals surface area contributed by atoms with Crippen molar-refractivity contribution >= 4 is 75.3 Å². The van der Waals surface area contributed by atoms with Gasteiger partial charge >= 0.3 is 0 Å². The molecule has 0 saturated carbocycles. The van der Waals surface area contributed by atoms with Gasteiger partial charge in [-0.3, -0.25) is 0 Å². The molecule has 57 heavy (non-hydrogen) atoms. The monoisotopic (exact) mass is 746 g/mol. The van der Waals surface area contributed by atoms with E-state index in [-0.39, 0.29) is 0 Å². The highest BCUT2D eigenvalue weighted by molar-refractivity contribution is 7.26. The Labute approximate surface area is 330 Å². The van der Waals surface area contributed by atoms with Crippen molar-refractivity contribution in [3.05, 3.63) is 182 Å². The van der Waals surface area contributed by atoms with Crippen LogP contribution in [0.5, 0.6) is 0 Å². The van der Waals surface area contributed by atoms with Crippen LogP contribution in [0.3, 0.4) is 0 Å². The average Bonchev–Trinajstić information content (AvgIpc) is 3.96. The van der Waals surface area contributed by atoms with E-state index < -0.39 is 0 Å². The molecule has 0 radical (unpaired) electrons. The van der Waals surface area contributed by atoms with E-state index in [2.05, 4.69) is 156 Å². The Bertz CT molecular complexity index is 3530. The second kappa shape index (κ2) is 12.6. The average molecular weight is 747 g/mol. The molecule has 6 heteroatoms. The molecule has 12 aromatic rings. The maximum atomic E-state index is 6.71. The van der Waals surface area contributed by atoms with Crippen LogP contribution in [-0.4, -0.2) is 19.5 Å². The third-order valence-electron chi connectivity index (χ3n) is 11.1. The summed E-state index contributed by atoms with van der Waals surface area (Å²) in [4.78, 5) is 15.5. The second-order valence-electron chi connectivity index (χ2n) is 14.4. The van der Waals surface area contributed by atoms with Gasteiger partial charge < -0.3 is 8.98 Å². The summed E-state index contributed by atoms with van der Waals surface area (Å²) in [5.74, 6) is 1.87. The number of nitrogens with zero attached hydrogens (tertiary/aromatic N) is 4. The van der Waals surface area contributed by atoms with Crippen LogP contribution in [0.2, 0.25) is 0 Å². The van der Waals surface area contributed by atoms with Crippen LogP contribution in [-0.2, 0) is 0 Å². The number of furan rings is 1. The van der Waals surface area contributed by atoms with E-state index in [4.69, 9.17) is 19.4 Å². The van der Waals surface area contributed by atoms with Gasteiger partial charge in [0.15, 0.2) is 17.5 Å². The molecule has 8 aromatic carbocycles. The Morgan fingerprint density at radius 3 is 1.91 bits per heavy atom. The Morgan fingerprint density at radius 2 is 1.05 bits per heavy atom. The lowest BCUT2D eigenvalue weighted by molar-refractivity contribution is 0.668. The van der Waals surface area contributed by atoms with E-state index in [1.807, 2.05) is 30.3 Å². The van der Waals surface area contributed by atoms with Crippen LogP contribution in [0.25, 0.3) is 115 Å². The largest absolute Gasteiger partial charge is 0.456 e. The normalized spacial score (nSPS) is 11.9. The maximum Gasteiger partial charge on any atom is 0.165 e. The number of aromatic nitrogens is 4. The molecule has 12 rings (SSSR count). The molecule has 0 bridgehead atoms. The highest BCUT2D eigenvalue weighted by atomic mass is 32.1. The fourth-order valence-corrected chi connectivity index (χ4v) is 9.67. The number of fused-ring (bicyclic) bond motifs is 9. The Hall–Kier alpha value is -7.41. The van der Waals surface area contributed by atoms with Crippen molar-refractivity contribution in [3.8, 4) is 51.0 Å². The zero-order valence-corrected chi connectivity index (χ0v) is 31.2. The van der Waals surface area contributed by atoms with Gasteiger partial charge in [-0.25, -0.2) is 15.0 Å². The van der Waals surface area contributed by atoms with Gasteiger partial charge in [0.1, 0.15) is 11.2 Å². The summed E-state index contributed by atoms with van der Waals surface area (Å²) in [7, 11) is 0. The molecule has 4 heterocycles. The Kier molecular flexibility index (Phi) is 7.03. The Balaban J connectivity index is 1.06. The quantitative estimate of drug-likeness (QED) is 0.176. The minimum atomic E-state index is 0.602. The summed E-state index contributed by atoms with van der Waals surface area (Å²) < 4.78 is 11.5. The van der Waals surface area contributed by atoms with Gasteiger partial charge in [0.2, 0.25) is 0 Å². The topological polar surface area (TPSA) is 56.7 Å². The van der Waals surface area contributed by atoms with Crippen molar-refractivity contribution in [3.63, 3.8) is 0 Å². The molecule has 266 valence electrons. The molecular weight excluding hydrogens is 717 g/mol. The van der Waals surface area contributed by atoms with E-state index in [0.29, 0.717) is 17.5 Å². The molecule has 5 nitrogen and oxygen atoms in total. The third-order valence-corrected chi connectivity index (χ3v) is 12.3. The summed E-state index contributed by atoms with van der Waals surface area (Å²) in [6.45, 7) is 0. The molecule has 0 unspecified atom stereocenters. The third kappa shape index (κ3) is 5.04. The van der Waals surface area contributed by atoms with Crippen molar-refractivity contribution in [2.45, 2.75) is 0 Å². The SMILES string of the molecule is c1ccc(-c2ccc3c4ccccc4n(-c4ccc5c(c4)oc4cccc(-c6nc(-c7ccccc7)nc(-c7cccc8c7sc7ccccc78)n6)c45)c3c2)cc1. The molecular formula is C51H30N4OS. The van der Waals surface area contributed by atoms with Crippen molar-refractivity contribution in [1.82, 2.24) is 19.5 Å². The van der Waals surface area contributed by atoms with Crippen molar-refractivity contribution < 1.29 is 4.42 Å². The minimum absolute atomic E-state index is 0.602. The van der Waals surface area contributed by atoms with Crippen LogP contribution in [0.1, 0.15) is 0 Å². The fraction of sp³-hybridized carbons (Fsp3) is 0. The van der Waals surface area contributed by atoms with Crippen molar-refractivity contribution in [2.24, 2.45) is 0 Å². The lowest BCUT2D eigenvalue weighted by Crippen LogP contribution is -2.00. The number of rotatable bonds is 5. The molecule has 0 saturated heterocycles. The van der Waals surface area contributed by atoms with E-state index in [9.17, 15) is 0 Å². The predicted octanol–water partition coefficient (Wildman–Crippen LogP) is 13.9. The van der Waals surface area contributed by atoms with Gasteiger partial charge in [0.05, 0.1) is 11.0 Å². The van der Waals surface area contributed by atoms with Gasteiger partial charge in [-0.15, -0.1) is 11.3 Å². The Morgan fingerprint density at radius 1 is 0.404 bits per heavy atom. The minimum Gasteiger partial charge on any atom is -0.456 e. The zero-order valence-electron chi connectivity index (χ0n) is 30.4. The number of hydrogen-bond acceptors (Lipinski definition) is 5. The maximum absolute atomic E-state index is 6.71. The highest BCUT2D eigenvalue weighted by Gasteiger charge is 2.21. The summed E-state index contributed by atoms with van der Waals surface area (Å²) in [5, 5.41) is 6.85. The second-order valence-corrected chi connectivity index (χ2v) is 15.4. The molecule has 4 aromatic heterocycles. The van der Waals surface area contributed by atoms with E-state index in [0.717, 1.165) is 60.0 Å². The van der Waals surface area contributed by atoms with E-state index >= 15 is 0 Å². The first-order valence-corrected chi connectivity index (χ1v) is 19.8. The molecule has 0 atom stereocenters. The lowest BCUT2D eigenvalue weighted by atomic mass is 10.0. The fourth-order valence-electron chi connectivity index (χ4n) is 8.46. The summed E-state index contributed by atoms with van der Waals surface area (Å²) in [6, 6.07) is 63.8. The van der Waals surface area contributed by atoms with Gasteiger partial charge in [0.25, 0.3) is 0 Å². The first-order chi connectivity index (χ1) is 28.2. The number of benzene rings is 8. The molecule has 0 spiro atoms. The van der Waals surface area contributed by atoms with Crippen LogP contribution < -0.4 is 0 Å². The highest BCUT2D eigenvalue weighted by Crippen LogP contribution is 2.42. The summed E-state index contributed by atoms with van der Waals surface area (Å²) in [6.07, 6.45) is 0. The number of thiophene rings is 1. The number of para-hydroxylation sites is 1. The molecule has 0 aliphatic heterocycles. The van der Waals surface area contributed by atoms with Crippen LogP contribution in [0, 0.1) is 0 Å². The summed E-state index contributed by atoms with van der Waals surface area (Å²) >= 11 is 1.78. The van der Waals surface area contributed by atoms with Gasteiger partial charge in [-0.1, -0.05) is 133 Å². The predicted molar refractivity (Wildman–Crippen MR) is 236 cm³/mol. The van der Waals surface area contributed by atoms with Gasteiger partial charge in [-0.2, -0.15) is 0 Å². The van der Waals surface area contributed by atoms with Crippen molar-refractivity contribution in [2.75, 3.05) is 0 Å². The van der Waals surface area contributed by atoms with Crippen LogP contribution in [0.4, 0.5) is 0 Å². The molecule has 0 aliphatic carbocycles. The first kappa shape index (κ1) is 31.9. The van der Waals surface area contributed by atoms with Crippen molar-refractivity contribution in [1.29, 1.82) is 0 Å². The van der Waals surface area contributed by atoms with Crippen LogP contribution >= 0.6 is 11.3 Å². The molecule has 0 fully saturated rings. The molecule has 0 amide bonds. The van der Waals surface area contributed by atoms with E-state index in [1.165, 1.54) is 37.4 Å². The van der Waals surface area contributed by atoms with E-state index in [1.54, 1.807) is 11.3 Å².